The van der Waals surface area contributed by atoms with Crippen LogP contribution in [0.25, 0.3) is 5.65 Å². The summed E-state index contributed by atoms with van der Waals surface area (Å²) in [5.41, 5.74) is 5.26. The van der Waals surface area contributed by atoms with Crippen molar-refractivity contribution in [3.8, 4) is 5.75 Å². The molecule has 0 saturated carbocycles. The molecule has 2 fully saturated rings. The number of carbonyl (C=O) groups excluding carboxylic acids is 1. The summed E-state index contributed by atoms with van der Waals surface area (Å²) >= 11 is 0. The number of piperidine rings is 2. The molecule has 7 rings (SSSR count). The molecule has 1 aliphatic carbocycles. The molecule has 11 heteroatoms. The third-order valence-electron chi connectivity index (χ3n) is 10.9. The van der Waals surface area contributed by atoms with Crippen LogP contribution in [-0.2, 0) is 6.54 Å². The van der Waals surface area contributed by atoms with E-state index in [1.807, 2.05) is 61.0 Å². The van der Waals surface area contributed by atoms with Crippen molar-refractivity contribution in [3.05, 3.63) is 95.4 Å². The number of benzene rings is 2. The normalized spacial score (nSPS) is 21.2. The minimum absolute atomic E-state index is 0.160. The number of quaternary nitrogens is 1. The zero-order chi connectivity index (χ0) is 37.0. The molecule has 4 aromatic rings. The Balaban J connectivity index is 1.04. The van der Waals surface area contributed by atoms with E-state index in [-0.39, 0.29) is 23.6 Å². The van der Waals surface area contributed by atoms with Gasteiger partial charge in [-0.3, -0.25) is 19.9 Å². The van der Waals surface area contributed by atoms with Gasteiger partial charge in [0.25, 0.3) is 0 Å². The molecule has 3 aliphatic rings. The smallest absolute Gasteiger partial charge is 0.323 e. The van der Waals surface area contributed by atoms with Gasteiger partial charge in [-0.15, -0.1) is 10.2 Å². The van der Waals surface area contributed by atoms with E-state index in [1.54, 1.807) is 6.08 Å². The molecular formula is C42H56N9O2+. The molecule has 2 aromatic heterocycles. The Kier molecular flexibility index (Phi) is 11.1. The Morgan fingerprint density at radius 1 is 0.943 bits per heavy atom. The number of nitrogens with one attached hydrogen (secondary N) is 3. The first kappa shape index (κ1) is 36.6. The molecule has 3 unspecified atom stereocenters. The summed E-state index contributed by atoms with van der Waals surface area (Å²) in [5, 5.41) is 26.1. The number of urea groups is 1. The summed E-state index contributed by atoms with van der Waals surface area (Å²) in [7, 11) is 0. The second kappa shape index (κ2) is 16.1. The number of nitrogens with zero attached hydrogens (tertiary/aromatic N) is 5. The van der Waals surface area contributed by atoms with Gasteiger partial charge in [-0.1, -0.05) is 63.6 Å². The number of amides is 2. The number of hydrogen-bond acceptors (Lipinski definition) is 7. The van der Waals surface area contributed by atoms with Gasteiger partial charge in [-0.05, 0) is 99.8 Å². The Hall–Kier alpha value is -4.74. The third kappa shape index (κ3) is 8.91. The second-order valence-electron chi connectivity index (χ2n) is 16.1. The third-order valence-corrected chi connectivity index (χ3v) is 10.9. The summed E-state index contributed by atoms with van der Waals surface area (Å²) in [6, 6.07) is 20.6. The van der Waals surface area contributed by atoms with E-state index in [4.69, 9.17) is 10.1 Å². The molecule has 2 aromatic carbocycles. The number of nitrogens with two attached hydrogens (primary N) is 1. The maximum absolute atomic E-state index is 13.7. The van der Waals surface area contributed by atoms with Crippen molar-refractivity contribution < 1.29 is 14.8 Å². The molecule has 0 bridgehead atoms. The van der Waals surface area contributed by atoms with Gasteiger partial charge < -0.3 is 20.4 Å². The molecule has 3 atom stereocenters. The molecule has 53 heavy (non-hydrogen) atoms. The lowest BCUT2D eigenvalue weighted by Gasteiger charge is -2.33. The highest BCUT2D eigenvalue weighted by Gasteiger charge is 2.31. The zero-order valence-electron chi connectivity index (χ0n) is 31.8. The van der Waals surface area contributed by atoms with Gasteiger partial charge in [-0.25, -0.2) is 4.79 Å². The van der Waals surface area contributed by atoms with Crippen LogP contribution in [0.1, 0.15) is 108 Å². The summed E-state index contributed by atoms with van der Waals surface area (Å²) in [6.45, 7) is 12.5. The summed E-state index contributed by atoms with van der Waals surface area (Å²) in [5.74, 6) is 2.22. The van der Waals surface area contributed by atoms with Gasteiger partial charge in [0.2, 0.25) is 11.8 Å². The molecule has 11 nitrogen and oxygen atoms in total. The average molecular weight is 719 g/mol. The molecule has 2 aliphatic heterocycles. The fourth-order valence-electron chi connectivity index (χ4n) is 7.85. The fraction of sp³-hybridized carbons (Fsp3) is 0.476. The molecule has 280 valence electrons. The number of carbonyl (C=O) groups is 1. The van der Waals surface area contributed by atoms with Crippen molar-refractivity contribution in [2.24, 2.45) is 5.41 Å². The predicted molar refractivity (Wildman–Crippen MR) is 210 cm³/mol. The Morgan fingerprint density at radius 3 is 2.53 bits per heavy atom. The van der Waals surface area contributed by atoms with Crippen LogP contribution < -0.4 is 25.6 Å². The molecule has 0 radical (unpaired) electrons. The predicted octanol–water partition coefficient (Wildman–Crippen LogP) is 7.15. The van der Waals surface area contributed by atoms with E-state index in [0.717, 1.165) is 86.0 Å². The number of anilines is 1. The van der Waals surface area contributed by atoms with Crippen LogP contribution in [0.15, 0.2) is 78.8 Å². The van der Waals surface area contributed by atoms with Crippen LogP contribution in [0.5, 0.6) is 5.75 Å². The number of allylic oxidation sites excluding steroid dienone is 1. The quantitative estimate of drug-likeness (QED) is 0.102. The van der Waals surface area contributed by atoms with E-state index in [1.165, 1.54) is 31.2 Å². The van der Waals surface area contributed by atoms with E-state index in [2.05, 4.69) is 74.0 Å². The van der Waals surface area contributed by atoms with E-state index in [0.29, 0.717) is 17.6 Å². The monoisotopic (exact) mass is 718 g/mol. The van der Waals surface area contributed by atoms with Crippen molar-refractivity contribution >= 4 is 29.0 Å². The van der Waals surface area contributed by atoms with E-state index in [9.17, 15) is 4.79 Å². The number of pyridine rings is 1. The number of likely N-dealkylation sites (tertiary alicyclic amines) is 1. The lowest BCUT2D eigenvalue weighted by atomic mass is 9.85. The molecule has 0 spiro atoms. The summed E-state index contributed by atoms with van der Waals surface area (Å²) in [6.07, 6.45) is 12.5. The van der Waals surface area contributed by atoms with Crippen LogP contribution in [0.3, 0.4) is 0 Å². The first-order valence-electron chi connectivity index (χ1n) is 19.5. The minimum Gasteiger partial charge on any atom is -0.484 e. The molecular weight excluding hydrogens is 663 g/mol. The van der Waals surface area contributed by atoms with Gasteiger partial charge in [0.1, 0.15) is 17.5 Å². The second-order valence-corrected chi connectivity index (χ2v) is 16.1. The molecule has 5 N–H and O–H groups in total. The first-order valence-corrected chi connectivity index (χ1v) is 19.5. The van der Waals surface area contributed by atoms with Crippen molar-refractivity contribution in [2.45, 2.75) is 104 Å². The van der Waals surface area contributed by atoms with Gasteiger partial charge in [0.05, 0.1) is 12.2 Å². The van der Waals surface area contributed by atoms with Crippen LogP contribution in [0.2, 0.25) is 0 Å². The van der Waals surface area contributed by atoms with Crippen LogP contribution in [-0.4, -0.2) is 56.9 Å². The minimum atomic E-state index is -0.364. The maximum Gasteiger partial charge on any atom is 0.323 e. The number of ether oxygens (including phenoxy) is 1. The molecule has 2 saturated heterocycles. The number of hydrogen-bond donors (Lipinski definition) is 4. The lowest BCUT2D eigenvalue weighted by molar-refractivity contribution is -0.522. The van der Waals surface area contributed by atoms with Gasteiger partial charge in [-0.2, -0.15) is 0 Å². The van der Waals surface area contributed by atoms with E-state index >= 15 is 0 Å². The Labute approximate surface area is 313 Å². The van der Waals surface area contributed by atoms with Crippen LogP contribution in [0.4, 0.5) is 16.4 Å². The standard InChI is InChI=1S/C42H55N9O2/c1-29-13-8-11-24-50(29)41-48-47-39-21-18-32(28-51(39)41)53-36-20-19-35(33-16-6-7-17-34(33)36)45-40(52)46-38(26-37(43)42(2,3)4)44-31-15-12-14-30(25-31)27-49-22-9-5-10-23-49/h6-7,12,14-18,21,25-26,28-29,35-36,43-44H,5,8-11,13,19-20,22-24,27H2,1-4H3,(H2,45,46,52)/p+1. The number of rotatable bonds is 10. The first-order chi connectivity index (χ1) is 25.6. The SMILES string of the molecule is CC1CCCCN1c1nnc2ccc(OC3CCC(NC(=O)NC(=CC(=N)C(C)(C)C)[NH2+]c4cccc(CN5CCCCC5)c4)c4ccccc43)cn12. The highest BCUT2D eigenvalue weighted by molar-refractivity contribution is 5.97. The average Bonchev–Trinajstić information content (AvgIpc) is 3.56. The van der Waals surface area contributed by atoms with Gasteiger partial charge >= 0.3 is 6.03 Å². The van der Waals surface area contributed by atoms with Crippen molar-refractivity contribution in [1.82, 2.24) is 30.1 Å². The Bertz CT molecular complexity index is 1940. The van der Waals surface area contributed by atoms with Gasteiger partial charge in [0.15, 0.2) is 5.65 Å². The van der Waals surface area contributed by atoms with Crippen molar-refractivity contribution in [3.63, 3.8) is 0 Å². The van der Waals surface area contributed by atoms with Crippen molar-refractivity contribution in [2.75, 3.05) is 24.5 Å². The van der Waals surface area contributed by atoms with E-state index < -0.39 is 0 Å². The highest BCUT2D eigenvalue weighted by atomic mass is 16.5. The topological polar surface area (TPSA) is 127 Å². The summed E-state index contributed by atoms with van der Waals surface area (Å²) < 4.78 is 8.73. The Morgan fingerprint density at radius 2 is 1.74 bits per heavy atom. The van der Waals surface area contributed by atoms with Crippen molar-refractivity contribution in [1.29, 1.82) is 5.41 Å². The highest BCUT2D eigenvalue weighted by Crippen LogP contribution is 2.39. The van der Waals surface area contributed by atoms with Gasteiger partial charge in [0, 0.05) is 42.4 Å². The lowest BCUT2D eigenvalue weighted by Crippen LogP contribution is -2.79. The maximum atomic E-state index is 13.7. The fourth-order valence-corrected chi connectivity index (χ4v) is 7.85. The summed E-state index contributed by atoms with van der Waals surface area (Å²) in [4.78, 5) is 18.6. The largest absolute Gasteiger partial charge is 0.484 e. The zero-order valence-corrected chi connectivity index (χ0v) is 31.8. The molecule has 2 amide bonds. The number of aromatic nitrogens is 3. The molecule has 4 heterocycles. The van der Waals surface area contributed by atoms with Crippen LogP contribution in [0, 0.1) is 10.8 Å². The van der Waals surface area contributed by atoms with Crippen LogP contribution >= 0.6 is 0 Å². The number of fused-ring (bicyclic) bond motifs is 2.